The number of hydrogen-bond donors (Lipinski definition) is 0. The predicted molar refractivity (Wildman–Crippen MR) is 134 cm³/mol. The van der Waals surface area contributed by atoms with Crippen LogP contribution in [-0.4, -0.2) is 48.2 Å². The summed E-state index contributed by atoms with van der Waals surface area (Å²) >= 11 is 0. The number of aromatic nitrogens is 2. The average molecular weight is 474 g/mol. The molecule has 0 N–H and O–H groups in total. The molecule has 2 aromatic carbocycles. The second-order valence-electron chi connectivity index (χ2n) is 9.09. The predicted octanol–water partition coefficient (Wildman–Crippen LogP) is 4.90. The second-order valence-corrected chi connectivity index (χ2v) is 9.09. The van der Waals surface area contributed by atoms with Gasteiger partial charge in [-0.25, -0.2) is 4.98 Å². The quantitative estimate of drug-likeness (QED) is 0.477. The van der Waals surface area contributed by atoms with Gasteiger partial charge in [-0.05, 0) is 79.6 Å². The molecule has 2 aliphatic rings. The van der Waals surface area contributed by atoms with Gasteiger partial charge in [0.1, 0.15) is 5.75 Å². The molecule has 0 spiro atoms. The molecule has 2 heterocycles. The van der Waals surface area contributed by atoms with Crippen LogP contribution >= 0.6 is 0 Å². The third kappa shape index (κ3) is 4.27. The number of fused-ring (bicyclic) bond motifs is 1. The van der Waals surface area contributed by atoms with Crippen LogP contribution in [0.5, 0.6) is 17.2 Å². The topological polar surface area (TPSA) is 65.8 Å². The van der Waals surface area contributed by atoms with Gasteiger partial charge in [0, 0.05) is 18.3 Å². The van der Waals surface area contributed by atoms with Crippen LogP contribution < -0.4 is 14.2 Å². The highest BCUT2D eigenvalue weighted by Gasteiger charge is 2.35. The van der Waals surface area contributed by atoms with Gasteiger partial charge in [0.25, 0.3) is 0 Å². The van der Waals surface area contributed by atoms with Crippen LogP contribution in [0.25, 0.3) is 11.8 Å². The Balaban J connectivity index is 1.42. The van der Waals surface area contributed by atoms with Crippen molar-refractivity contribution in [2.75, 3.05) is 27.9 Å². The summed E-state index contributed by atoms with van der Waals surface area (Å²) in [5.41, 5.74) is 6.03. The standard InChI is InChI=1S/C28H31N3O4/c1-18-16-30(17-29-18)24-9-7-19(13-25(24)33-2)12-21-6-5-11-31(28(21)32)23-10-8-20-14-26(34-3)27(35-4)15-22(20)23/h7,9,12-17,23H,5-6,8,10-11H2,1-4H3/t23-/m1/s1. The molecule has 5 rings (SSSR count). The van der Waals surface area contributed by atoms with Gasteiger partial charge >= 0.3 is 0 Å². The van der Waals surface area contributed by atoms with E-state index < -0.39 is 0 Å². The van der Waals surface area contributed by atoms with Gasteiger partial charge in [-0.2, -0.15) is 0 Å². The Morgan fingerprint density at radius 2 is 1.77 bits per heavy atom. The molecule has 0 saturated carbocycles. The normalized spacial score (nSPS) is 18.6. The summed E-state index contributed by atoms with van der Waals surface area (Å²) in [5.74, 6) is 2.29. The van der Waals surface area contributed by atoms with E-state index in [1.807, 2.05) is 52.9 Å². The molecule has 0 radical (unpaired) electrons. The number of hydrogen-bond acceptors (Lipinski definition) is 5. The lowest BCUT2D eigenvalue weighted by Gasteiger charge is -2.34. The number of methoxy groups -OCH3 is 3. The lowest BCUT2D eigenvalue weighted by Crippen LogP contribution is -2.39. The van der Waals surface area contributed by atoms with Crippen LogP contribution in [0.1, 0.15) is 47.7 Å². The van der Waals surface area contributed by atoms with E-state index in [0.717, 1.165) is 66.2 Å². The van der Waals surface area contributed by atoms with Gasteiger partial charge in [-0.15, -0.1) is 0 Å². The molecule has 1 aliphatic carbocycles. The van der Waals surface area contributed by atoms with Crippen molar-refractivity contribution in [3.63, 3.8) is 0 Å². The molecular formula is C28H31N3O4. The largest absolute Gasteiger partial charge is 0.495 e. The zero-order valence-electron chi connectivity index (χ0n) is 20.7. The first kappa shape index (κ1) is 23.0. The Hall–Kier alpha value is -3.74. The van der Waals surface area contributed by atoms with Crippen molar-refractivity contribution >= 4 is 12.0 Å². The minimum absolute atomic E-state index is 0.0578. The van der Waals surface area contributed by atoms with E-state index in [0.29, 0.717) is 5.75 Å². The number of likely N-dealkylation sites (tertiary alicyclic amines) is 1. The number of imidazole rings is 1. The Bertz CT molecular complexity index is 1290. The molecule has 1 amide bonds. The van der Waals surface area contributed by atoms with E-state index in [2.05, 4.69) is 11.1 Å². The fraction of sp³-hybridized carbons (Fsp3) is 0.357. The Morgan fingerprint density at radius 1 is 1.00 bits per heavy atom. The van der Waals surface area contributed by atoms with Crippen molar-refractivity contribution in [1.29, 1.82) is 0 Å². The molecule has 1 saturated heterocycles. The monoisotopic (exact) mass is 473 g/mol. The molecule has 1 atom stereocenters. The fourth-order valence-electron chi connectivity index (χ4n) is 5.25. The molecule has 7 nitrogen and oxygen atoms in total. The number of piperidine rings is 1. The zero-order valence-corrected chi connectivity index (χ0v) is 20.7. The van der Waals surface area contributed by atoms with Gasteiger partial charge in [-0.1, -0.05) is 6.07 Å². The highest BCUT2D eigenvalue weighted by molar-refractivity contribution is 5.99. The number of carbonyl (C=O) groups is 1. The summed E-state index contributed by atoms with van der Waals surface area (Å²) in [7, 11) is 4.96. The second kappa shape index (κ2) is 9.49. The zero-order chi connectivity index (χ0) is 24.5. The molecular weight excluding hydrogens is 442 g/mol. The minimum Gasteiger partial charge on any atom is -0.495 e. The summed E-state index contributed by atoms with van der Waals surface area (Å²) in [4.78, 5) is 20.0. The smallest absolute Gasteiger partial charge is 0.250 e. The van der Waals surface area contributed by atoms with Gasteiger partial charge < -0.3 is 23.7 Å². The molecule has 3 aromatic rings. The number of aryl methyl sites for hydroxylation is 2. The van der Waals surface area contributed by atoms with Crippen molar-refractivity contribution in [1.82, 2.24) is 14.5 Å². The van der Waals surface area contributed by atoms with E-state index in [-0.39, 0.29) is 11.9 Å². The number of benzene rings is 2. The van der Waals surface area contributed by atoms with E-state index in [1.54, 1.807) is 27.7 Å². The Morgan fingerprint density at radius 3 is 2.49 bits per heavy atom. The third-order valence-corrected chi connectivity index (χ3v) is 6.98. The lowest BCUT2D eigenvalue weighted by molar-refractivity contribution is -0.131. The van der Waals surface area contributed by atoms with Crippen molar-refractivity contribution in [3.05, 3.63) is 70.8 Å². The number of carbonyl (C=O) groups excluding carboxylic acids is 1. The number of nitrogens with zero attached hydrogens (tertiary/aromatic N) is 3. The van der Waals surface area contributed by atoms with Gasteiger partial charge in [0.15, 0.2) is 11.5 Å². The highest BCUT2D eigenvalue weighted by Crippen LogP contribution is 2.43. The average Bonchev–Trinajstić information content (AvgIpc) is 3.50. The van der Waals surface area contributed by atoms with Crippen LogP contribution in [0.2, 0.25) is 0 Å². The molecule has 1 aliphatic heterocycles. The molecule has 7 heteroatoms. The van der Waals surface area contributed by atoms with Crippen molar-refractivity contribution in [2.24, 2.45) is 0 Å². The molecule has 0 unspecified atom stereocenters. The first-order chi connectivity index (χ1) is 17.0. The first-order valence-corrected chi connectivity index (χ1v) is 12.0. The number of amides is 1. The number of ether oxygens (including phenoxy) is 3. The molecule has 182 valence electrons. The van der Waals surface area contributed by atoms with E-state index in [1.165, 1.54) is 11.1 Å². The van der Waals surface area contributed by atoms with Crippen LogP contribution in [0.3, 0.4) is 0 Å². The molecule has 0 bridgehead atoms. The molecule has 35 heavy (non-hydrogen) atoms. The van der Waals surface area contributed by atoms with Gasteiger partial charge in [0.2, 0.25) is 5.91 Å². The Labute approximate surface area is 205 Å². The highest BCUT2D eigenvalue weighted by atomic mass is 16.5. The third-order valence-electron chi connectivity index (χ3n) is 6.98. The summed E-state index contributed by atoms with van der Waals surface area (Å²) < 4.78 is 18.6. The van der Waals surface area contributed by atoms with E-state index in [9.17, 15) is 4.79 Å². The maximum absolute atomic E-state index is 13.6. The summed E-state index contributed by atoms with van der Waals surface area (Å²) in [5, 5.41) is 0. The van der Waals surface area contributed by atoms with Gasteiger partial charge in [-0.3, -0.25) is 4.79 Å². The SMILES string of the molecule is COc1cc2c(cc1OC)[C@H](N1CCCC(=Cc3ccc(-n4cnc(C)c4)c(OC)c3)C1=O)CC2. The molecule has 1 fully saturated rings. The van der Waals surface area contributed by atoms with Crippen molar-refractivity contribution < 1.29 is 19.0 Å². The summed E-state index contributed by atoms with van der Waals surface area (Å²) in [6.07, 6.45) is 9.30. The van der Waals surface area contributed by atoms with Gasteiger partial charge in [0.05, 0.1) is 45.1 Å². The van der Waals surface area contributed by atoms with Crippen LogP contribution in [0, 0.1) is 6.92 Å². The van der Waals surface area contributed by atoms with Crippen molar-refractivity contribution in [3.8, 4) is 22.9 Å². The fourth-order valence-corrected chi connectivity index (χ4v) is 5.25. The van der Waals surface area contributed by atoms with Crippen molar-refractivity contribution in [2.45, 2.75) is 38.6 Å². The first-order valence-electron chi connectivity index (χ1n) is 12.0. The maximum Gasteiger partial charge on any atom is 0.250 e. The van der Waals surface area contributed by atoms with Crippen LogP contribution in [-0.2, 0) is 11.2 Å². The molecule has 1 aromatic heterocycles. The summed E-state index contributed by atoms with van der Waals surface area (Å²) in [6.45, 7) is 2.72. The van der Waals surface area contributed by atoms with Crippen LogP contribution in [0.15, 0.2) is 48.4 Å². The maximum atomic E-state index is 13.6. The number of rotatable bonds is 6. The lowest BCUT2D eigenvalue weighted by atomic mass is 9.97. The van der Waals surface area contributed by atoms with E-state index in [4.69, 9.17) is 14.2 Å². The van der Waals surface area contributed by atoms with E-state index >= 15 is 0 Å². The minimum atomic E-state index is 0.0578. The van der Waals surface area contributed by atoms with Crippen LogP contribution in [0.4, 0.5) is 0 Å². The summed E-state index contributed by atoms with van der Waals surface area (Å²) in [6, 6.07) is 10.2. The Kier molecular flexibility index (Phi) is 6.24.